The van der Waals surface area contributed by atoms with E-state index >= 15 is 0 Å². The second-order valence-corrected chi connectivity index (χ2v) is 4.49. The lowest BCUT2D eigenvalue weighted by molar-refractivity contribution is 0.0934. The van der Waals surface area contributed by atoms with Crippen LogP contribution in [0.5, 0.6) is 5.75 Å². The van der Waals surface area contributed by atoms with Crippen molar-refractivity contribution in [2.24, 2.45) is 5.92 Å². The van der Waals surface area contributed by atoms with Crippen LogP contribution in [0.1, 0.15) is 29.3 Å². The van der Waals surface area contributed by atoms with Gasteiger partial charge >= 0.3 is 0 Å². The molecule has 1 aromatic rings. The number of phenolic OH excluding ortho intramolecular Hbond substituents is 1. The second kappa shape index (κ2) is 3.69. The fourth-order valence-electron chi connectivity index (χ4n) is 1.98. The largest absolute Gasteiger partial charge is 0.506 e. The maximum absolute atomic E-state index is 11.9. The van der Waals surface area contributed by atoms with Gasteiger partial charge < -0.3 is 5.11 Å². The number of benzene rings is 1. The first kappa shape index (κ1) is 10.8. The first-order chi connectivity index (χ1) is 7.06. The molecule has 15 heavy (non-hydrogen) atoms. The minimum atomic E-state index is -0.0510. The summed E-state index contributed by atoms with van der Waals surface area (Å²) in [5, 5.41) is 9.74. The molecule has 1 aromatic carbocycles. The Labute approximate surface area is 97.8 Å². The van der Waals surface area contributed by atoms with E-state index < -0.39 is 0 Å². The van der Waals surface area contributed by atoms with E-state index in [2.05, 4.69) is 0 Å². The number of Topliss-reactive ketones (excluding diaryl/α,β-unsaturated/α-hetero) is 1. The fourth-order valence-corrected chi connectivity index (χ4v) is 2.44. The van der Waals surface area contributed by atoms with Crippen LogP contribution in [0.2, 0.25) is 10.0 Å². The van der Waals surface area contributed by atoms with E-state index in [-0.39, 0.29) is 27.5 Å². The standard InChI is InChI=1S/C11H10Cl2O2/c1-2-5-3-6-4-7(14)9(12)10(13)8(6)11(5)15/h4-5,14H,2-3H2,1H3. The van der Waals surface area contributed by atoms with Gasteiger partial charge in [0.2, 0.25) is 0 Å². The Morgan fingerprint density at radius 1 is 1.47 bits per heavy atom. The van der Waals surface area contributed by atoms with Gasteiger partial charge in [-0.05, 0) is 24.5 Å². The fraction of sp³-hybridized carbons (Fsp3) is 0.364. The molecule has 0 amide bonds. The molecule has 0 spiro atoms. The number of hydrogen-bond acceptors (Lipinski definition) is 2. The predicted octanol–water partition coefficient (Wildman–Crippen LogP) is 3.46. The molecule has 1 aliphatic carbocycles. The number of hydrogen-bond donors (Lipinski definition) is 1. The summed E-state index contributed by atoms with van der Waals surface area (Å²) in [6, 6.07) is 1.54. The van der Waals surface area contributed by atoms with Crippen molar-refractivity contribution in [3.63, 3.8) is 0 Å². The van der Waals surface area contributed by atoms with Crippen LogP contribution < -0.4 is 0 Å². The van der Waals surface area contributed by atoms with Crippen molar-refractivity contribution in [1.82, 2.24) is 0 Å². The lowest BCUT2D eigenvalue weighted by atomic mass is 10.0. The highest BCUT2D eigenvalue weighted by Crippen LogP contribution is 2.42. The zero-order chi connectivity index (χ0) is 11.2. The van der Waals surface area contributed by atoms with E-state index in [1.54, 1.807) is 0 Å². The molecule has 2 nitrogen and oxygen atoms in total. The van der Waals surface area contributed by atoms with E-state index in [0.29, 0.717) is 12.0 Å². The number of fused-ring (bicyclic) bond motifs is 1. The Morgan fingerprint density at radius 3 is 2.73 bits per heavy atom. The smallest absolute Gasteiger partial charge is 0.168 e. The average molecular weight is 245 g/mol. The van der Waals surface area contributed by atoms with Crippen LogP contribution in [0.4, 0.5) is 0 Å². The van der Waals surface area contributed by atoms with E-state index in [1.165, 1.54) is 6.07 Å². The van der Waals surface area contributed by atoms with Gasteiger partial charge in [0.25, 0.3) is 0 Å². The molecule has 0 aromatic heterocycles. The topological polar surface area (TPSA) is 37.3 Å². The summed E-state index contributed by atoms with van der Waals surface area (Å²) in [4.78, 5) is 11.9. The van der Waals surface area contributed by atoms with Crippen LogP contribution in [0.25, 0.3) is 0 Å². The maximum atomic E-state index is 11.9. The van der Waals surface area contributed by atoms with E-state index in [0.717, 1.165) is 12.0 Å². The molecule has 1 aliphatic rings. The highest BCUT2D eigenvalue weighted by molar-refractivity contribution is 6.45. The Hall–Kier alpha value is -0.730. The Morgan fingerprint density at radius 2 is 2.13 bits per heavy atom. The molecule has 1 atom stereocenters. The monoisotopic (exact) mass is 244 g/mol. The summed E-state index contributed by atoms with van der Waals surface area (Å²) >= 11 is 11.7. The zero-order valence-electron chi connectivity index (χ0n) is 8.18. The summed E-state index contributed by atoms with van der Waals surface area (Å²) in [6.07, 6.45) is 1.43. The van der Waals surface area contributed by atoms with Gasteiger partial charge in [-0.3, -0.25) is 4.79 Å². The molecule has 0 heterocycles. The third-order valence-electron chi connectivity index (χ3n) is 2.85. The van der Waals surface area contributed by atoms with Crippen molar-refractivity contribution in [2.45, 2.75) is 19.8 Å². The SMILES string of the molecule is CCC1Cc2cc(O)c(Cl)c(Cl)c2C1=O. The van der Waals surface area contributed by atoms with Gasteiger partial charge in [-0.1, -0.05) is 30.1 Å². The maximum Gasteiger partial charge on any atom is 0.168 e. The van der Waals surface area contributed by atoms with Crippen LogP contribution in [0.15, 0.2) is 6.07 Å². The summed E-state index contributed by atoms with van der Waals surface area (Å²) < 4.78 is 0. The Bertz CT molecular complexity index is 441. The molecule has 4 heteroatoms. The van der Waals surface area contributed by atoms with Gasteiger partial charge in [-0.2, -0.15) is 0 Å². The zero-order valence-corrected chi connectivity index (χ0v) is 9.69. The molecule has 0 aliphatic heterocycles. The van der Waals surface area contributed by atoms with E-state index in [9.17, 15) is 9.90 Å². The van der Waals surface area contributed by atoms with Crippen LogP contribution >= 0.6 is 23.2 Å². The highest BCUT2D eigenvalue weighted by Gasteiger charge is 2.33. The number of phenols is 1. The molecule has 1 N–H and O–H groups in total. The van der Waals surface area contributed by atoms with Gasteiger partial charge in [0.05, 0.1) is 5.02 Å². The van der Waals surface area contributed by atoms with E-state index in [4.69, 9.17) is 23.2 Å². The number of aromatic hydroxyl groups is 1. The minimum absolute atomic E-state index is 0.0182. The lowest BCUT2D eigenvalue weighted by Crippen LogP contribution is -2.07. The van der Waals surface area contributed by atoms with Crippen molar-refractivity contribution in [3.05, 3.63) is 27.2 Å². The van der Waals surface area contributed by atoms with E-state index in [1.807, 2.05) is 6.92 Å². The van der Waals surface area contributed by atoms with Gasteiger partial charge in [0.1, 0.15) is 10.8 Å². The van der Waals surface area contributed by atoms with Crippen LogP contribution in [-0.2, 0) is 6.42 Å². The summed E-state index contributed by atoms with van der Waals surface area (Å²) in [5.41, 5.74) is 1.30. The number of carbonyl (C=O) groups excluding carboxylic acids is 1. The van der Waals surface area contributed by atoms with Crippen molar-refractivity contribution >= 4 is 29.0 Å². The molecule has 0 fully saturated rings. The first-order valence-electron chi connectivity index (χ1n) is 4.80. The summed E-state index contributed by atoms with van der Waals surface area (Å²) in [5.74, 6) is -0.0280. The minimum Gasteiger partial charge on any atom is -0.506 e. The summed E-state index contributed by atoms with van der Waals surface area (Å²) in [6.45, 7) is 1.96. The average Bonchev–Trinajstić information content (AvgIpc) is 2.52. The van der Waals surface area contributed by atoms with Gasteiger partial charge in [0.15, 0.2) is 5.78 Å². The second-order valence-electron chi connectivity index (χ2n) is 3.73. The number of rotatable bonds is 1. The van der Waals surface area contributed by atoms with Gasteiger partial charge in [0, 0.05) is 11.5 Å². The van der Waals surface area contributed by atoms with Crippen molar-refractivity contribution in [1.29, 1.82) is 0 Å². The quantitative estimate of drug-likeness (QED) is 0.822. The molecule has 80 valence electrons. The Balaban J connectivity index is 2.61. The van der Waals surface area contributed by atoms with Gasteiger partial charge in [-0.25, -0.2) is 0 Å². The highest BCUT2D eigenvalue weighted by atomic mass is 35.5. The first-order valence-corrected chi connectivity index (χ1v) is 5.55. The molecule has 1 unspecified atom stereocenters. The third-order valence-corrected chi connectivity index (χ3v) is 3.70. The predicted molar refractivity (Wildman–Crippen MR) is 59.9 cm³/mol. The summed E-state index contributed by atoms with van der Waals surface area (Å²) in [7, 11) is 0. The number of carbonyl (C=O) groups is 1. The van der Waals surface area contributed by atoms with Crippen LogP contribution in [0, 0.1) is 5.92 Å². The van der Waals surface area contributed by atoms with Crippen molar-refractivity contribution < 1.29 is 9.90 Å². The molecule has 0 saturated heterocycles. The van der Waals surface area contributed by atoms with Crippen molar-refractivity contribution in [2.75, 3.05) is 0 Å². The third kappa shape index (κ3) is 1.52. The molecule has 2 rings (SSSR count). The molecular formula is C11H10Cl2O2. The van der Waals surface area contributed by atoms with Gasteiger partial charge in [-0.15, -0.1) is 0 Å². The normalized spacial score (nSPS) is 19.4. The molecule has 0 saturated carbocycles. The molecular weight excluding hydrogens is 235 g/mol. The van der Waals surface area contributed by atoms with Crippen molar-refractivity contribution in [3.8, 4) is 5.75 Å². The molecule has 0 bridgehead atoms. The number of ketones is 1. The van der Waals surface area contributed by atoms with Crippen LogP contribution in [-0.4, -0.2) is 10.9 Å². The number of halogens is 2. The van der Waals surface area contributed by atoms with Crippen LogP contribution in [0.3, 0.4) is 0 Å². The Kier molecular flexibility index (Phi) is 2.65. The molecule has 0 radical (unpaired) electrons. The lowest BCUT2D eigenvalue weighted by Gasteiger charge is -2.05.